The number of nitrogens with zero attached hydrogens (tertiary/aromatic N) is 1. The number of likely N-dealkylation sites (tertiary alicyclic amines) is 1. The SMILES string of the molecule is C#CC1(O)C2CCCC1C(N1CCCC1)CC2.Cl. The van der Waals surface area contributed by atoms with E-state index >= 15 is 0 Å². The van der Waals surface area contributed by atoms with E-state index < -0.39 is 5.60 Å². The molecule has 0 radical (unpaired) electrons. The second-order valence-electron chi connectivity index (χ2n) is 6.09. The fourth-order valence-corrected chi connectivity index (χ4v) is 4.49. The number of halogens is 1. The Labute approximate surface area is 117 Å². The number of aliphatic hydroxyl groups is 1. The van der Waals surface area contributed by atoms with Crippen LogP contribution in [0.25, 0.3) is 0 Å². The van der Waals surface area contributed by atoms with Crippen LogP contribution in [0.4, 0.5) is 0 Å². The van der Waals surface area contributed by atoms with Gasteiger partial charge in [-0.15, -0.1) is 18.8 Å². The molecular weight excluding hydrogens is 246 g/mol. The number of terminal acetylenes is 1. The average Bonchev–Trinajstić information content (AvgIpc) is 2.82. The third-order valence-corrected chi connectivity index (χ3v) is 5.37. The van der Waals surface area contributed by atoms with Crippen LogP contribution in [-0.2, 0) is 0 Å². The molecule has 0 spiro atoms. The Morgan fingerprint density at radius 1 is 1.06 bits per heavy atom. The van der Waals surface area contributed by atoms with Gasteiger partial charge in [-0.05, 0) is 57.5 Å². The monoisotopic (exact) mass is 269 g/mol. The summed E-state index contributed by atoms with van der Waals surface area (Å²) in [5.41, 5.74) is -0.802. The lowest BCUT2D eigenvalue weighted by molar-refractivity contribution is -0.107. The molecule has 3 aliphatic rings. The van der Waals surface area contributed by atoms with E-state index in [0.717, 1.165) is 19.3 Å². The van der Waals surface area contributed by atoms with E-state index in [2.05, 4.69) is 10.8 Å². The maximum Gasteiger partial charge on any atom is 0.132 e. The van der Waals surface area contributed by atoms with Gasteiger partial charge >= 0.3 is 0 Å². The van der Waals surface area contributed by atoms with Crippen LogP contribution in [0.3, 0.4) is 0 Å². The molecule has 2 bridgehead atoms. The first-order valence-electron chi connectivity index (χ1n) is 7.20. The minimum absolute atomic E-state index is 0. The zero-order chi connectivity index (χ0) is 11.9. The fraction of sp³-hybridized carbons (Fsp3) is 0.867. The van der Waals surface area contributed by atoms with Gasteiger partial charge in [0.15, 0.2) is 0 Å². The molecule has 2 saturated carbocycles. The Hall–Kier alpha value is -0.230. The Morgan fingerprint density at radius 3 is 2.44 bits per heavy atom. The van der Waals surface area contributed by atoms with Crippen molar-refractivity contribution in [3.63, 3.8) is 0 Å². The quantitative estimate of drug-likeness (QED) is 0.739. The van der Waals surface area contributed by atoms with Crippen LogP contribution in [0.2, 0.25) is 0 Å². The lowest BCUT2D eigenvalue weighted by Crippen LogP contribution is -2.59. The van der Waals surface area contributed by atoms with Crippen LogP contribution in [0.5, 0.6) is 0 Å². The predicted molar refractivity (Wildman–Crippen MR) is 75.7 cm³/mol. The van der Waals surface area contributed by atoms with Gasteiger partial charge in [-0.1, -0.05) is 12.3 Å². The molecule has 0 aromatic carbocycles. The van der Waals surface area contributed by atoms with E-state index in [1.165, 1.54) is 38.8 Å². The molecule has 0 amide bonds. The Morgan fingerprint density at radius 2 is 1.78 bits per heavy atom. The number of hydrogen-bond acceptors (Lipinski definition) is 2. The summed E-state index contributed by atoms with van der Waals surface area (Å²) in [5, 5.41) is 10.8. The summed E-state index contributed by atoms with van der Waals surface area (Å²) >= 11 is 0. The minimum atomic E-state index is -0.802. The zero-order valence-electron chi connectivity index (χ0n) is 11.0. The van der Waals surface area contributed by atoms with Crippen LogP contribution >= 0.6 is 12.4 Å². The largest absolute Gasteiger partial charge is 0.377 e. The second-order valence-corrected chi connectivity index (χ2v) is 6.09. The Kier molecular flexibility index (Phi) is 4.26. The van der Waals surface area contributed by atoms with Crippen molar-refractivity contribution < 1.29 is 5.11 Å². The zero-order valence-corrected chi connectivity index (χ0v) is 11.8. The third-order valence-electron chi connectivity index (χ3n) is 5.37. The van der Waals surface area contributed by atoms with Gasteiger partial charge in [-0.3, -0.25) is 4.90 Å². The summed E-state index contributed by atoms with van der Waals surface area (Å²) in [5.74, 6) is 3.46. The maximum absolute atomic E-state index is 10.8. The molecule has 3 heteroatoms. The molecule has 0 aromatic heterocycles. The molecule has 1 N–H and O–H groups in total. The first-order valence-corrected chi connectivity index (χ1v) is 7.20. The number of rotatable bonds is 1. The molecule has 3 fully saturated rings. The highest BCUT2D eigenvalue weighted by Gasteiger charge is 2.52. The summed E-state index contributed by atoms with van der Waals surface area (Å²) in [7, 11) is 0. The molecule has 2 nitrogen and oxygen atoms in total. The molecule has 1 aliphatic heterocycles. The molecule has 102 valence electrons. The van der Waals surface area contributed by atoms with Crippen LogP contribution in [0.1, 0.15) is 44.9 Å². The molecule has 18 heavy (non-hydrogen) atoms. The first-order chi connectivity index (χ1) is 8.25. The minimum Gasteiger partial charge on any atom is -0.377 e. The molecule has 0 aromatic rings. The second kappa shape index (κ2) is 5.41. The summed E-state index contributed by atoms with van der Waals surface area (Å²) in [4.78, 5) is 2.59. The van der Waals surface area contributed by atoms with Gasteiger partial charge in [0, 0.05) is 12.0 Å². The molecule has 4 unspecified atom stereocenters. The highest BCUT2D eigenvalue weighted by Crippen LogP contribution is 2.48. The van der Waals surface area contributed by atoms with Crippen LogP contribution in [0, 0.1) is 24.2 Å². The standard InChI is InChI=1S/C15H23NO.ClH/c1-2-15(17)12-6-5-7-13(15)14(9-8-12)16-10-3-4-11-16;/h1,12-14,17H,3-11H2;1H. The van der Waals surface area contributed by atoms with Gasteiger partial charge < -0.3 is 5.11 Å². The fourth-order valence-electron chi connectivity index (χ4n) is 4.49. The molecule has 1 saturated heterocycles. The van der Waals surface area contributed by atoms with Gasteiger partial charge in [0.25, 0.3) is 0 Å². The van der Waals surface area contributed by atoms with Crippen molar-refractivity contribution >= 4 is 12.4 Å². The number of fused-ring (bicyclic) bond motifs is 2. The predicted octanol–water partition coefficient (Wildman–Crippen LogP) is 2.45. The Balaban J connectivity index is 0.00000120. The van der Waals surface area contributed by atoms with Crippen molar-refractivity contribution in [1.82, 2.24) is 4.90 Å². The van der Waals surface area contributed by atoms with Gasteiger partial charge in [0.1, 0.15) is 5.60 Å². The summed E-state index contributed by atoms with van der Waals surface area (Å²) < 4.78 is 0. The molecule has 3 rings (SSSR count). The van der Waals surface area contributed by atoms with E-state index in [4.69, 9.17) is 6.42 Å². The van der Waals surface area contributed by atoms with Gasteiger partial charge in [-0.2, -0.15) is 0 Å². The van der Waals surface area contributed by atoms with Crippen molar-refractivity contribution in [3.05, 3.63) is 0 Å². The van der Waals surface area contributed by atoms with Crippen molar-refractivity contribution in [1.29, 1.82) is 0 Å². The summed E-state index contributed by atoms with van der Waals surface area (Å²) in [6.45, 7) is 2.43. The smallest absolute Gasteiger partial charge is 0.132 e. The van der Waals surface area contributed by atoms with E-state index in [9.17, 15) is 5.11 Å². The summed E-state index contributed by atoms with van der Waals surface area (Å²) in [6, 6.07) is 0.551. The van der Waals surface area contributed by atoms with Crippen LogP contribution in [-0.4, -0.2) is 34.7 Å². The highest BCUT2D eigenvalue weighted by atomic mass is 35.5. The maximum atomic E-state index is 10.8. The van der Waals surface area contributed by atoms with Crippen molar-refractivity contribution in [2.24, 2.45) is 11.8 Å². The van der Waals surface area contributed by atoms with E-state index in [1.807, 2.05) is 0 Å². The average molecular weight is 270 g/mol. The highest BCUT2D eigenvalue weighted by molar-refractivity contribution is 5.85. The van der Waals surface area contributed by atoms with Crippen LogP contribution in [0.15, 0.2) is 0 Å². The lowest BCUT2D eigenvalue weighted by Gasteiger charge is -2.52. The summed E-state index contributed by atoms with van der Waals surface area (Å²) in [6.07, 6.45) is 14.2. The van der Waals surface area contributed by atoms with E-state index in [1.54, 1.807) is 0 Å². The topological polar surface area (TPSA) is 23.5 Å². The van der Waals surface area contributed by atoms with Gasteiger partial charge in [0.05, 0.1) is 0 Å². The normalized spacial score (nSPS) is 44.1. The molecule has 2 aliphatic carbocycles. The lowest BCUT2D eigenvalue weighted by atomic mass is 9.59. The van der Waals surface area contributed by atoms with Crippen molar-refractivity contribution in [2.75, 3.05) is 13.1 Å². The molecular formula is C15H24ClNO. The van der Waals surface area contributed by atoms with Crippen molar-refractivity contribution in [2.45, 2.75) is 56.6 Å². The van der Waals surface area contributed by atoms with E-state index in [0.29, 0.717) is 17.9 Å². The molecule has 1 heterocycles. The van der Waals surface area contributed by atoms with Gasteiger partial charge in [-0.25, -0.2) is 0 Å². The molecule has 4 atom stereocenters. The van der Waals surface area contributed by atoms with Crippen molar-refractivity contribution in [3.8, 4) is 12.3 Å². The third kappa shape index (κ3) is 2.07. The van der Waals surface area contributed by atoms with Gasteiger partial charge in [0.2, 0.25) is 0 Å². The first kappa shape index (κ1) is 14.2. The van der Waals surface area contributed by atoms with Crippen LogP contribution < -0.4 is 0 Å². The number of hydrogen-bond donors (Lipinski definition) is 1. The van der Waals surface area contributed by atoms with E-state index in [-0.39, 0.29) is 12.4 Å². The Bertz CT molecular complexity index is 334.